The van der Waals surface area contributed by atoms with Gasteiger partial charge in [-0.1, -0.05) is 12.1 Å². The first-order valence-electron chi connectivity index (χ1n) is 7.15. The Labute approximate surface area is 137 Å². The number of halogens is 1. The molecule has 0 fully saturated rings. The standard InChI is InChI=1S/C16H15FN2O4S/c1-10(11-3-5-12(17)6-4-11)18-24(21,22)13-7-8-14-15(9-13)23-16(20)19(14)2/h3-10,18H,1-2H3/t10-/m0/s1. The van der Waals surface area contributed by atoms with Gasteiger partial charge in [0.15, 0.2) is 5.58 Å². The van der Waals surface area contributed by atoms with Crippen LogP contribution in [0.1, 0.15) is 18.5 Å². The second-order valence-electron chi connectivity index (χ2n) is 5.45. The Bertz CT molecular complexity index is 1050. The second-order valence-corrected chi connectivity index (χ2v) is 7.17. The molecule has 0 aliphatic rings. The predicted octanol–water partition coefficient (Wildman–Crippen LogP) is 2.31. The summed E-state index contributed by atoms with van der Waals surface area (Å²) in [5.74, 6) is -0.953. The number of nitrogens with zero attached hydrogens (tertiary/aromatic N) is 1. The van der Waals surface area contributed by atoms with Gasteiger partial charge >= 0.3 is 5.76 Å². The molecule has 2 aromatic carbocycles. The molecule has 0 bridgehead atoms. The first-order chi connectivity index (χ1) is 11.3. The topological polar surface area (TPSA) is 81.3 Å². The van der Waals surface area contributed by atoms with Crippen LogP contribution in [0.2, 0.25) is 0 Å². The Hall–Kier alpha value is -2.45. The number of sulfonamides is 1. The molecular formula is C16H15FN2O4S. The third-order valence-corrected chi connectivity index (χ3v) is 5.31. The lowest BCUT2D eigenvalue weighted by molar-refractivity contribution is 0.527. The number of nitrogens with one attached hydrogen (secondary N) is 1. The molecule has 0 spiro atoms. The third-order valence-electron chi connectivity index (χ3n) is 3.78. The minimum absolute atomic E-state index is 0.0155. The molecule has 126 valence electrons. The Balaban J connectivity index is 1.92. The van der Waals surface area contributed by atoms with E-state index < -0.39 is 27.6 Å². The molecule has 24 heavy (non-hydrogen) atoms. The lowest BCUT2D eigenvalue weighted by Gasteiger charge is -2.14. The predicted molar refractivity (Wildman–Crippen MR) is 86.6 cm³/mol. The van der Waals surface area contributed by atoms with E-state index in [1.54, 1.807) is 6.92 Å². The van der Waals surface area contributed by atoms with Crippen molar-refractivity contribution in [2.24, 2.45) is 7.05 Å². The summed E-state index contributed by atoms with van der Waals surface area (Å²) in [4.78, 5) is 11.5. The van der Waals surface area contributed by atoms with Gasteiger partial charge in [0.25, 0.3) is 0 Å². The van der Waals surface area contributed by atoms with E-state index in [2.05, 4.69) is 4.72 Å². The molecule has 1 heterocycles. The fourth-order valence-electron chi connectivity index (χ4n) is 2.40. The van der Waals surface area contributed by atoms with Crippen molar-refractivity contribution in [3.8, 4) is 0 Å². The summed E-state index contributed by atoms with van der Waals surface area (Å²) in [6, 6.07) is 9.23. The smallest absolute Gasteiger partial charge is 0.408 e. The average molecular weight is 350 g/mol. The van der Waals surface area contributed by atoms with Gasteiger partial charge in [0, 0.05) is 19.2 Å². The maximum Gasteiger partial charge on any atom is 0.419 e. The maximum atomic E-state index is 13.0. The number of hydrogen-bond donors (Lipinski definition) is 1. The fourth-order valence-corrected chi connectivity index (χ4v) is 3.65. The molecule has 3 aromatic rings. The van der Waals surface area contributed by atoms with Crippen LogP contribution in [0, 0.1) is 5.82 Å². The number of fused-ring (bicyclic) bond motifs is 1. The van der Waals surface area contributed by atoms with Gasteiger partial charge < -0.3 is 4.42 Å². The van der Waals surface area contributed by atoms with Crippen molar-refractivity contribution in [3.05, 3.63) is 64.4 Å². The fraction of sp³-hybridized carbons (Fsp3) is 0.188. The van der Waals surface area contributed by atoms with Gasteiger partial charge in [-0.2, -0.15) is 0 Å². The van der Waals surface area contributed by atoms with Crippen LogP contribution in [0.25, 0.3) is 11.1 Å². The van der Waals surface area contributed by atoms with E-state index in [1.165, 1.54) is 54.1 Å². The number of oxazole rings is 1. The van der Waals surface area contributed by atoms with Crippen LogP contribution >= 0.6 is 0 Å². The van der Waals surface area contributed by atoms with Crippen molar-refractivity contribution in [2.75, 3.05) is 0 Å². The maximum absolute atomic E-state index is 13.0. The zero-order valence-corrected chi connectivity index (χ0v) is 13.8. The van der Waals surface area contributed by atoms with Crippen LogP contribution < -0.4 is 10.5 Å². The molecule has 1 N–H and O–H groups in total. The number of rotatable bonds is 4. The minimum Gasteiger partial charge on any atom is -0.408 e. The third kappa shape index (κ3) is 2.98. The molecule has 6 nitrogen and oxygen atoms in total. The van der Waals surface area contributed by atoms with Crippen molar-refractivity contribution >= 4 is 21.1 Å². The summed E-state index contributed by atoms with van der Waals surface area (Å²) in [6.07, 6.45) is 0. The quantitative estimate of drug-likeness (QED) is 0.783. The zero-order chi connectivity index (χ0) is 17.5. The van der Waals surface area contributed by atoms with E-state index in [0.717, 1.165) is 0 Å². The molecule has 0 saturated heterocycles. The molecular weight excluding hydrogens is 335 g/mol. The summed E-state index contributed by atoms with van der Waals surface area (Å²) in [7, 11) is -2.29. The Kier molecular flexibility index (Phi) is 4.02. The van der Waals surface area contributed by atoms with Gasteiger partial charge in [-0.15, -0.1) is 0 Å². The van der Waals surface area contributed by atoms with Gasteiger partial charge in [0.1, 0.15) is 5.82 Å². The molecule has 3 rings (SSSR count). The van der Waals surface area contributed by atoms with Gasteiger partial charge in [-0.3, -0.25) is 4.57 Å². The van der Waals surface area contributed by atoms with Gasteiger partial charge in [-0.25, -0.2) is 22.3 Å². The molecule has 1 aromatic heterocycles. The van der Waals surface area contributed by atoms with Crippen LogP contribution in [0.15, 0.2) is 56.6 Å². The van der Waals surface area contributed by atoms with E-state index in [4.69, 9.17) is 4.42 Å². The zero-order valence-electron chi connectivity index (χ0n) is 13.0. The average Bonchev–Trinajstić information content (AvgIpc) is 2.82. The molecule has 1 atom stereocenters. The molecule has 0 radical (unpaired) electrons. The van der Waals surface area contributed by atoms with Crippen LogP contribution in [0.5, 0.6) is 0 Å². The van der Waals surface area contributed by atoms with Crippen LogP contribution in [-0.2, 0) is 17.1 Å². The second kappa shape index (κ2) is 5.88. The van der Waals surface area contributed by atoms with Crippen LogP contribution in [0.3, 0.4) is 0 Å². The highest BCUT2D eigenvalue weighted by Gasteiger charge is 2.20. The first-order valence-corrected chi connectivity index (χ1v) is 8.63. The summed E-state index contributed by atoms with van der Waals surface area (Å²) in [5.41, 5.74) is 1.33. The van der Waals surface area contributed by atoms with Crippen molar-refractivity contribution in [2.45, 2.75) is 17.9 Å². The van der Waals surface area contributed by atoms with Crippen molar-refractivity contribution in [1.29, 1.82) is 0 Å². The molecule has 8 heteroatoms. The molecule has 0 aliphatic carbocycles. The van der Waals surface area contributed by atoms with Crippen LogP contribution in [-0.4, -0.2) is 13.0 Å². The summed E-state index contributed by atoms with van der Waals surface area (Å²) >= 11 is 0. The minimum atomic E-state index is -3.83. The van der Waals surface area contributed by atoms with Crippen molar-refractivity contribution < 1.29 is 17.2 Å². The van der Waals surface area contributed by atoms with Crippen molar-refractivity contribution in [1.82, 2.24) is 9.29 Å². The number of hydrogen-bond acceptors (Lipinski definition) is 4. The highest BCUT2D eigenvalue weighted by Crippen LogP contribution is 2.21. The number of aromatic nitrogens is 1. The van der Waals surface area contributed by atoms with E-state index in [0.29, 0.717) is 11.1 Å². The number of aryl methyl sites for hydroxylation is 1. The van der Waals surface area contributed by atoms with Crippen LogP contribution in [0.4, 0.5) is 4.39 Å². The van der Waals surface area contributed by atoms with E-state index >= 15 is 0 Å². The highest BCUT2D eigenvalue weighted by molar-refractivity contribution is 7.89. The molecule has 0 amide bonds. The van der Waals surface area contributed by atoms with E-state index in [9.17, 15) is 17.6 Å². The lowest BCUT2D eigenvalue weighted by atomic mass is 10.1. The summed E-state index contributed by atoms with van der Waals surface area (Å²) < 4.78 is 46.8. The van der Waals surface area contributed by atoms with Gasteiger partial charge in [-0.05, 0) is 36.8 Å². The summed E-state index contributed by atoms with van der Waals surface area (Å²) in [6.45, 7) is 1.66. The Morgan fingerprint density at radius 2 is 1.83 bits per heavy atom. The lowest BCUT2D eigenvalue weighted by Crippen LogP contribution is -2.26. The van der Waals surface area contributed by atoms with Gasteiger partial charge in [0.05, 0.1) is 10.4 Å². The largest absolute Gasteiger partial charge is 0.419 e. The van der Waals surface area contributed by atoms with E-state index in [1.807, 2.05) is 0 Å². The van der Waals surface area contributed by atoms with E-state index in [-0.39, 0.29) is 10.5 Å². The number of benzene rings is 2. The van der Waals surface area contributed by atoms with Gasteiger partial charge in [0.2, 0.25) is 10.0 Å². The highest BCUT2D eigenvalue weighted by atomic mass is 32.2. The normalized spacial score (nSPS) is 13.3. The molecule has 0 aliphatic heterocycles. The van der Waals surface area contributed by atoms with Crippen molar-refractivity contribution in [3.63, 3.8) is 0 Å². The molecule has 0 unspecified atom stereocenters. The summed E-state index contributed by atoms with van der Waals surface area (Å²) in [5, 5.41) is 0. The Morgan fingerprint density at radius 3 is 2.50 bits per heavy atom. The molecule has 0 saturated carbocycles. The first kappa shape index (κ1) is 16.4. The Morgan fingerprint density at radius 1 is 1.17 bits per heavy atom. The SMILES string of the molecule is C[C@H](NS(=O)(=O)c1ccc2c(c1)oc(=O)n2C)c1ccc(F)cc1. The monoisotopic (exact) mass is 350 g/mol.